The van der Waals surface area contributed by atoms with Gasteiger partial charge in [-0.3, -0.25) is 4.79 Å². The summed E-state index contributed by atoms with van der Waals surface area (Å²) in [5, 5.41) is 26.1. The zero-order chi connectivity index (χ0) is 22.8. The maximum atomic E-state index is 11.2. The fraction of sp³-hybridized carbons (Fsp3) is 0.208. The minimum absolute atomic E-state index is 0.190. The van der Waals surface area contributed by atoms with Crippen LogP contribution in [0.25, 0.3) is 0 Å². The molecule has 0 spiro atoms. The molecule has 3 aromatic rings. The highest BCUT2D eigenvalue weighted by Gasteiger charge is 2.03. The first-order valence-corrected chi connectivity index (χ1v) is 10.2. The van der Waals surface area contributed by atoms with Crippen molar-refractivity contribution in [3.8, 4) is 5.75 Å². The second-order valence-electron chi connectivity index (χ2n) is 6.94. The molecule has 0 saturated carbocycles. The Morgan fingerprint density at radius 3 is 1.62 bits per heavy atom. The van der Waals surface area contributed by atoms with Crippen LogP contribution in [0.1, 0.15) is 13.3 Å². The van der Waals surface area contributed by atoms with Crippen LogP contribution in [0.5, 0.6) is 5.75 Å². The van der Waals surface area contributed by atoms with Crippen LogP contribution in [0.15, 0.2) is 93.3 Å². The van der Waals surface area contributed by atoms with Crippen molar-refractivity contribution in [2.75, 3.05) is 25.1 Å². The van der Waals surface area contributed by atoms with Gasteiger partial charge >= 0.3 is 5.97 Å². The van der Waals surface area contributed by atoms with Crippen molar-refractivity contribution in [3.63, 3.8) is 0 Å². The Morgan fingerprint density at radius 1 is 0.781 bits per heavy atom. The first kappa shape index (κ1) is 22.6. The van der Waals surface area contributed by atoms with Crippen molar-refractivity contribution in [2.24, 2.45) is 20.5 Å². The number of nitrogens with zero attached hydrogens (tertiary/aromatic N) is 5. The van der Waals surface area contributed by atoms with Crippen molar-refractivity contribution < 1.29 is 14.6 Å². The summed E-state index contributed by atoms with van der Waals surface area (Å²) in [6, 6.07) is 21.4. The summed E-state index contributed by atoms with van der Waals surface area (Å²) in [4.78, 5) is 13.2. The van der Waals surface area contributed by atoms with Crippen LogP contribution in [0.3, 0.4) is 0 Å². The summed E-state index contributed by atoms with van der Waals surface area (Å²) in [6.07, 6.45) is 0.385. The Hall–Kier alpha value is -4.07. The number of carbonyl (C=O) groups is 1. The summed E-state index contributed by atoms with van der Waals surface area (Å²) < 4.78 is 5.11. The Labute approximate surface area is 186 Å². The molecular weight excluding hydrogens is 406 g/mol. The van der Waals surface area contributed by atoms with E-state index in [-0.39, 0.29) is 11.7 Å². The smallest absolute Gasteiger partial charge is 0.305 e. The van der Waals surface area contributed by atoms with E-state index in [2.05, 4.69) is 20.5 Å². The number of azo groups is 2. The molecule has 8 nitrogen and oxygen atoms in total. The molecule has 3 aromatic carbocycles. The standard InChI is InChI=1S/C24H25N5O3/c1-3-24(31)32-17-16-29(2)22-12-8-20(9-13-22)27-25-18-4-6-19(7-5-18)26-28-21-10-14-23(30)15-11-21/h4-15,30H,3,16-17H2,1-2H3. The third-order valence-electron chi connectivity index (χ3n) is 4.53. The molecule has 8 heteroatoms. The molecule has 0 amide bonds. The van der Waals surface area contributed by atoms with E-state index in [1.807, 2.05) is 60.5 Å². The third kappa shape index (κ3) is 7.02. The van der Waals surface area contributed by atoms with Gasteiger partial charge in [0, 0.05) is 19.2 Å². The lowest BCUT2D eigenvalue weighted by Gasteiger charge is -2.19. The molecule has 3 rings (SSSR count). The molecule has 0 fully saturated rings. The number of phenolic OH excluding ortho intramolecular Hbond substituents is 1. The quantitative estimate of drug-likeness (QED) is 0.304. The maximum Gasteiger partial charge on any atom is 0.305 e. The molecular formula is C24H25N5O3. The second kappa shape index (κ2) is 11.4. The van der Waals surface area contributed by atoms with Crippen LogP contribution in [0.4, 0.5) is 28.4 Å². The molecule has 0 bridgehead atoms. The number of ether oxygens (including phenoxy) is 1. The minimum atomic E-state index is -0.192. The van der Waals surface area contributed by atoms with Gasteiger partial charge in [-0.25, -0.2) is 0 Å². The lowest BCUT2D eigenvalue weighted by Crippen LogP contribution is -2.23. The molecule has 164 valence electrons. The van der Waals surface area contributed by atoms with Gasteiger partial charge in [0.05, 0.1) is 29.3 Å². The van der Waals surface area contributed by atoms with E-state index < -0.39 is 0 Å². The number of aromatic hydroxyl groups is 1. The van der Waals surface area contributed by atoms with Crippen LogP contribution in [0, 0.1) is 0 Å². The highest BCUT2D eigenvalue weighted by Crippen LogP contribution is 2.25. The van der Waals surface area contributed by atoms with Gasteiger partial charge in [-0.15, -0.1) is 0 Å². The van der Waals surface area contributed by atoms with Crippen LogP contribution in [0.2, 0.25) is 0 Å². The van der Waals surface area contributed by atoms with Crippen LogP contribution in [-0.4, -0.2) is 31.3 Å². The number of anilines is 1. The summed E-state index contributed by atoms with van der Waals surface area (Å²) in [6.45, 7) is 2.75. The van der Waals surface area contributed by atoms with Gasteiger partial charge in [-0.2, -0.15) is 20.5 Å². The number of rotatable bonds is 9. The summed E-state index contributed by atoms with van der Waals surface area (Å²) >= 11 is 0. The molecule has 0 aromatic heterocycles. The number of benzene rings is 3. The first-order chi connectivity index (χ1) is 15.5. The number of hydrogen-bond donors (Lipinski definition) is 1. The average Bonchev–Trinajstić information content (AvgIpc) is 2.83. The summed E-state index contributed by atoms with van der Waals surface area (Å²) in [5.74, 6) is -0.00220. The summed E-state index contributed by atoms with van der Waals surface area (Å²) in [7, 11) is 1.94. The van der Waals surface area contributed by atoms with Crippen molar-refractivity contribution in [1.82, 2.24) is 0 Å². The fourth-order valence-corrected chi connectivity index (χ4v) is 2.64. The van der Waals surface area contributed by atoms with E-state index in [1.165, 1.54) is 0 Å². The summed E-state index contributed by atoms with van der Waals surface area (Å²) in [5.41, 5.74) is 3.78. The monoisotopic (exact) mass is 431 g/mol. The first-order valence-electron chi connectivity index (χ1n) is 10.2. The molecule has 0 aliphatic carbocycles. The van der Waals surface area contributed by atoms with E-state index in [4.69, 9.17) is 4.74 Å². The number of phenols is 1. The largest absolute Gasteiger partial charge is 0.508 e. The third-order valence-corrected chi connectivity index (χ3v) is 4.53. The highest BCUT2D eigenvalue weighted by molar-refractivity contribution is 5.68. The number of likely N-dealkylation sites (N-methyl/N-ethyl adjacent to an activating group) is 1. The Morgan fingerprint density at radius 2 is 1.19 bits per heavy atom. The van der Waals surface area contributed by atoms with Crippen molar-refractivity contribution >= 4 is 34.4 Å². The lowest BCUT2D eigenvalue weighted by molar-refractivity contribution is -0.142. The second-order valence-corrected chi connectivity index (χ2v) is 6.94. The highest BCUT2D eigenvalue weighted by atomic mass is 16.5. The maximum absolute atomic E-state index is 11.2. The Kier molecular flexibility index (Phi) is 8.02. The van der Waals surface area contributed by atoms with Crippen molar-refractivity contribution in [2.45, 2.75) is 13.3 Å². The van der Waals surface area contributed by atoms with Gasteiger partial charge < -0.3 is 14.7 Å². The lowest BCUT2D eigenvalue weighted by atomic mass is 10.2. The van der Waals surface area contributed by atoms with Crippen molar-refractivity contribution in [3.05, 3.63) is 72.8 Å². The van der Waals surface area contributed by atoms with Crippen molar-refractivity contribution in [1.29, 1.82) is 0 Å². The average molecular weight is 431 g/mol. The zero-order valence-corrected chi connectivity index (χ0v) is 18.0. The molecule has 0 heterocycles. The molecule has 1 N–H and O–H groups in total. The predicted molar refractivity (Wildman–Crippen MR) is 124 cm³/mol. The van der Waals surface area contributed by atoms with E-state index in [0.29, 0.717) is 36.6 Å². The molecule has 0 radical (unpaired) electrons. The zero-order valence-electron chi connectivity index (χ0n) is 18.0. The fourth-order valence-electron chi connectivity index (χ4n) is 2.64. The Bertz CT molecular complexity index is 1060. The van der Waals surface area contributed by atoms with Crippen LogP contribution < -0.4 is 4.90 Å². The van der Waals surface area contributed by atoms with Gasteiger partial charge in [0.25, 0.3) is 0 Å². The van der Waals surface area contributed by atoms with E-state index in [0.717, 1.165) is 11.4 Å². The number of esters is 1. The van der Waals surface area contributed by atoms with Gasteiger partial charge in [0.1, 0.15) is 12.4 Å². The molecule has 0 atom stereocenters. The van der Waals surface area contributed by atoms with Gasteiger partial charge in [-0.1, -0.05) is 6.92 Å². The molecule has 0 unspecified atom stereocenters. The Balaban J connectivity index is 1.53. The topological polar surface area (TPSA) is 99.2 Å². The van der Waals surface area contributed by atoms with E-state index >= 15 is 0 Å². The minimum Gasteiger partial charge on any atom is -0.508 e. The van der Waals surface area contributed by atoms with Gasteiger partial charge in [0.15, 0.2) is 0 Å². The number of carbonyl (C=O) groups excluding carboxylic acids is 1. The molecule has 0 aliphatic rings. The van der Waals surface area contributed by atoms with Crippen LogP contribution >= 0.6 is 0 Å². The van der Waals surface area contributed by atoms with E-state index in [1.54, 1.807) is 31.2 Å². The van der Waals surface area contributed by atoms with Gasteiger partial charge in [0.2, 0.25) is 0 Å². The molecule has 0 saturated heterocycles. The molecule has 32 heavy (non-hydrogen) atoms. The SMILES string of the molecule is CCC(=O)OCCN(C)c1ccc(N=Nc2ccc(N=Nc3ccc(O)cc3)cc2)cc1. The number of hydrogen-bond acceptors (Lipinski definition) is 8. The predicted octanol–water partition coefficient (Wildman–Crippen LogP) is 6.61. The normalized spacial score (nSPS) is 11.2. The van der Waals surface area contributed by atoms with E-state index in [9.17, 15) is 9.90 Å². The van der Waals surface area contributed by atoms with Gasteiger partial charge in [-0.05, 0) is 72.8 Å². The molecule has 0 aliphatic heterocycles. The van der Waals surface area contributed by atoms with Crippen LogP contribution in [-0.2, 0) is 9.53 Å².